The minimum Gasteiger partial charge on any atom is -0.489 e. The van der Waals surface area contributed by atoms with Gasteiger partial charge in [-0.15, -0.1) is 0 Å². The number of fused-ring (bicyclic) bond motifs is 5. The summed E-state index contributed by atoms with van der Waals surface area (Å²) in [7, 11) is 0. The monoisotopic (exact) mass is 529 g/mol. The molecule has 7 rings (SSSR count). The highest BCUT2D eigenvalue weighted by Gasteiger charge is 2.40. The Morgan fingerprint density at radius 1 is 0.825 bits per heavy atom. The third-order valence-corrected chi connectivity index (χ3v) is 8.20. The van der Waals surface area contributed by atoms with Gasteiger partial charge in [-0.2, -0.15) is 0 Å². The van der Waals surface area contributed by atoms with E-state index in [1.807, 2.05) is 35.2 Å². The quantitative estimate of drug-likeness (QED) is 0.268. The second-order valence-electron chi connectivity index (χ2n) is 10.7. The molecule has 2 bridgehead atoms. The number of rotatable bonds is 6. The van der Waals surface area contributed by atoms with Gasteiger partial charge in [-0.3, -0.25) is 4.90 Å². The van der Waals surface area contributed by atoms with E-state index in [4.69, 9.17) is 14.2 Å². The van der Waals surface area contributed by atoms with E-state index in [9.17, 15) is 4.79 Å². The summed E-state index contributed by atoms with van der Waals surface area (Å²) in [5, 5.41) is 0. The molecule has 200 valence electrons. The topological polar surface area (TPSA) is 48.0 Å². The second kappa shape index (κ2) is 10.7. The Bertz CT molecular complexity index is 1520. The summed E-state index contributed by atoms with van der Waals surface area (Å²) < 4.78 is 18.0. The molecule has 0 N–H and O–H groups in total. The van der Waals surface area contributed by atoms with Crippen molar-refractivity contribution in [3.63, 3.8) is 0 Å². The molecule has 4 aromatic rings. The second-order valence-corrected chi connectivity index (χ2v) is 10.7. The van der Waals surface area contributed by atoms with Gasteiger partial charge >= 0.3 is 6.09 Å². The van der Waals surface area contributed by atoms with Gasteiger partial charge in [0.2, 0.25) is 0 Å². The standard InChI is InChI=1S/C35H31NO4/c37-35(40-23-34-32-15-6-4-13-30(32)31-14-5-7-16-33(31)34)36-27-17-26(18-28(36)22-38-21-27)25-11-8-12-29(19-25)39-20-24-9-2-1-3-10-24/h1-17,19,27-28,34H,18,20-23H2. The van der Waals surface area contributed by atoms with E-state index in [0.717, 1.165) is 16.9 Å². The molecule has 0 aromatic heterocycles. The lowest BCUT2D eigenvalue weighted by Gasteiger charge is -2.44. The Hall–Kier alpha value is -4.35. The van der Waals surface area contributed by atoms with Crippen molar-refractivity contribution in [2.24, 2.45) is 0 Å². The lowest BCUT2D eigenvalue weighted by molar-refractivity contribution is -0.0331. The summed E-state index contributed by atoms with van der Waals surface area (Å²) in [4.78, 5) is 15.4. The minimum absolute atomic E-state index is 0.0435. The fourth-order valence-corrected chi connectivity index (χ4v) is 6.29. The van der Waals surface area contributed by atoms with Gasteiger partial charge in [0, 0.05) is 5.92 Å². The van der Waals surface area contributed by atoms with Crippen LogP contribution in [0.2, 0.25) is 0 Å². The van der Waals surface area contributed by atoms with Crippen LogP contribution in [0.4, 0.5) is 4.79 Å². The fourth-order valence-electron chi connectivity index (χ4n) is 6.29. The summed E-state index contributed by atoms with van der Waals surface area (Å²) in [6.07, 6.45) is 2.60. The summed E-state index contributed by atoms with van der Waals surface area (Å²) in [5.74, 6) is 0.879. The van der Waals surface area contributed by atoms with Crippen LogP contribution in [0.1, 0.15) is 34.6 Å². The average molecular weight is 530 g/mol. The molecule has 40 heavy (non-hydrogen) atoms. The van der Waals surface area contributed by atoms with Crippen molar-refractivity contribution in [1.29, 1.82) is 0 Å². The summed E-state index contributed by atoms with van der Waals surface area (Å²) >= 11 is 0. The van der Waals surface area contributed by atoms with E-state index >= 15 is 0 Å². The van der Waals surface area contributed by atoms with Crippen LogP contribution < -0.4 is 4.74 Å². The maximum atomic E-state index is 13.5. The van der Waals surface area contributed by atoms with Crippen molar-refractivity contribution in [1.82, 2.24) is 4.90 Å². The van der Waals surface area contributed by atoms with Gasteiger partial charge in [0.25, 0.3) is 0 Å². The van der Waals surface area contributed by atoms with Crippen LogP contribution in [-0.4, -0.2) is 42.9 Å². The van der Waals surface area contributed by atoms with Crippen molar-refractivity contribution < 1.29 is 19.0 Å². The number of carbonyl (C=O) groups is 1. The highest BCUT2D eigenvalue weighted by Crippen LogP contribution is 2.44. The Morgan fingerprint density at radius 2 is 1.55 bits per heavy atom. The molecule has 3 aliphatic rings. The molecule has 0 spiro atoms. The van der Waals surface area contributed by atoms with Crippen molar-refractivity contribution in [3.8, 4) is 16.9 Å². The Kier molecular flexibility index (Phi) is 6.58. The zero-order chi connectivity index (χ0) is 26.9. The van der Waals surface area contributed by atoms with Crippen LogP contribution in [0.25, 0.3) is 16.7 Å². The van der Waals surface area contributed by atoms with Gasteiger partial charge in [0.05, 0.1) is 25.3 Å². The van der Waals surface area contributed by atoms with E-state index < -0.39 is 0 Å². The third kappa shape index (κ3) is 4.67. The lowest BCUT2D eigenvalue weighted by Crippen LogP contribution is -2.56. The summed E-state index contributed by atoms with van der Waals surface area (Å²) in [6.45, 7) is 1.82. The Labute approximate surface area is 234 Å². The van der Waals surface area contributed by atoms with Gasteiger partial charge in [-0.1, -0.05) is 97.1 Å². The molecule has 5 heteroatoms. The van der Waals surface area contributed by atoms with Crippen molar-refractivity contribution >= 4 is 11.7 Å². The van der Waals surface area contributed by atoms with Gasteiger partial charge < -0.3 is 14.2 Å². The molecule has 1 amide bonds. The highest BCUT2D eigenvalue weighted by molar-refractivity contribution is 5.79. The summed E-state index contributed by atoms with van der Waals surface area (Å²) in [6, 6.07) is 35.0. The zero-order valence-electron chi connectivity index (χ0n) is 22.2. The first-order valence-electron chi connectivity index (χ1n) is 13.9. The molecule has 4 aromatic carbocycles. The van der Waals surface area contributed by atoms with Crippen molar-refractivity contribution in [2.75, 3.05) is 19.8 Å². The van der Waals surface area contributed by atoms with Crippen LogP contribution in [0, 0.1) is 0 Å². The predicted molar refractivity (Wildman–Crippen MR) is 155 cm³/mol. The van der Waals surface area contributed by atoms with E-state index in [0.29, 0.717) is 32.8 Å². The van der Waals surface area contributed by atoms with Crippen LogP contribution in [0.15, 0.2) is 109 Å². The third-order valence-electron chi connectivity index (χ3n) is 8.20. The van der Waals surface area contributed by atoms with Gasteiger partial charge in [-0.25, -0.2) is 4.79 Å². The first-order valence-corrected chi connectivity index (χ1v) is 13.9. The average Bonchev–Trinajstić information content (AvgIpc) is 3.32. The van der Waals surface area contributed by atoms with Gasteiger partial charge in [0.15, 0.2) is 0 Å². The molecule has 0 saturated carbocycles. The molecular formula is C35H31NO4. The number of hydrogen-bond acceptors (Lipinski definition) is 4. The number of hydrogen-bond donors (Lipinski definition) is 0. The number of amides is 1. The number of benzene rings is 4. The zero-order valence-corrected chi connectivity index (χ0v) is 22.2. The molecular weight excluding hydrogens is 498 g/mol. The molecule has 1 aliphatic carbocycles. The number of ether oxygens (including phenoxy) is 3. The highest BCUT2D eigenvalue weighted by atomic mass is 16.6. The van der Waals surface area contributed by atoms with Crippen LogP contribution >= 0.6 is 0 Å². The van der Waals surface area contributed by atoms with Crippen molar-refractivity contribution in [3.05, 3.63) is 131 Å². The number of morpholine rings is 1. The molecule has 2 aliphatic heterocycles. The van der Waals surface area contributed by atoms with E-state index in [1.165, 1.54) is 27.8 Å². The van der Waals surface area contributed by atoms with E-state index in [-0.39, 0.29) is 24.1 Å². The smallest absolute Gasteiger partial charge is 0.410 e. The first kappa shape index (κ1) is 24.7. The Balaban J connectivity index is 1.06. The molecule has 1 saturated heterocycles. The Morgan fingerprint density at radius 3 is 2.30 bits per heavy atom. The normalized spacial score (nSPS) is 19.4. The number of carbonyl (C=O) groups excluding carboxylic acids is 1. The SMILES string of the molecule is O=C(OCC1c2ccccc2-c2ccccc21)N1C2C=C(c3cccc(OCc4ccccc4)c3)CC1COC2. The van der Waals surface area contributed by atoms with E-state index in [2.05, 4.69) is 78.9 Å². The minimum atomic E-state index is -0.268. The molecule has 0 radical (unpaired) electrons. The lowest BCUT2D eigenvalue weighted by atomic mass is 9.90. The largest absolute Gasteiger partial charge is 0.489 e. The molecule has 2 unspecified atom stereocenters. The first-order chi connectivity index (χ1) is 19.7. The maximum absolute atomic E-state index is 13.5. The van der Waals surface area contributed by atoms with E-state index in [1.54, 1.807) is 0 Å². The van der Waals surface area contributed by atoms with Gasteiger partial charge in [0.1, 0.15) is 19.0 Å². The predicted octanol–water partition coefficient (Wildman–Crippen LogP) is 7.07. The van der Waals surface area contributed by atoms with Crippen LogP contribution in [-0.2, 0) is 16.1 Å². The van der Waals surface area contributed by atoms with Crippen LogP contribution in [0.5, 0.6) is 5.75 Å². The van der Waals surface area contributed by atoms with Gasteiger partial charge in [-0.05, 0) is 57.5 Å². The molecule has 2 heterocycles. The van der Waals surface area contributed by atoms with Crippen molar-refractivity contribution in [2.45, 2.75) is 31.0 Å². The maximum Gasteiger partial charge on any atom is 0.410 e. The fraction of sp³-hybridized carbons (Fsp3) is 0.229. The molecule has 2 atom stereocenters. The summed E-state index contributed by atoms with van der Waals surface area (Å²) in [5.41, 5.74) is 8.36. The molecule has 1 fully saturated rings. The molecule has 5 nitrogen and oxygen atoms in total. The van der Waals surface area contributed by atoms with Crippen LogP contribution in [0.3, 0.4) is 0 Å². The number of nitrogens with zero attached hydrogens (tertiary/aromatic N) is 1.